The maximum atomic E-state index is 12.5. The summed E-state index contributed by atoms with van der Waals surface area (Å²) in [6.07, 6.45) is -3.31. The highest BCUT2D eigenvalue weighted by atomic mass is 19.4. The van der Waals surface area contributed by atoms with Crippen LogP contribution in [0.5, 0.6) is 5.75 Å². The largest absolute Gasteiger partial charge is 0.573 e. The Morgan fingerprint density at radius 1 is 1.10 bits per heavy atom. The van der Waals surface area contributed by atoms with Crippen molar-refractivity contribution < 1.29 is 31.9 Å². The van der Waals surface area contributed by atoms with Crippen molar-refractivity contribution in [1.29, 1.82) is 0 Å². The minimum Gasteiger partial charge on any atom is -0.459 e. The van der Waals surface area contributed by atoms with Crippen LogP contribution in [0.2, 0.25) is 0 Å². The summed E-state index contributed by atoms with van der Waals surface area (Å²) in [4.78, 5) is 29.8. The van der Waals surface area contributed by atoms with E-state index in [9.17, 15) is 22.8 Å². The van der Waals surface area contributed by atoms with Crippen molar-refractivity contribution in [3.05, 3.63) is 54.0 Å². The maximum absolute atomic E-state index is 12.5. The highest BCUT2D eigenvalue weighted by molar-refractivity contribution is 5.94. The minimum absolute atomic E-state index is 0.0415. The Balaban J connectivity index is 1.44. The van der Waals surface area contributed by atoms with Crippen LogP contribution in [-0.2, 0) is 11.3 Å². The molecule has 0 saturated carbocycles. The lowest BCUT2D eigenvalue weighted by Crippen LogP contribution is -2.51. The number of ether oxygens (including phenoxy) is 1. The third-order valence-corrected chi connectivity index (χ3v) is 4.74. The summed E-state index contributed by atoms with van der Waals surface area (Å²) < 4.78 is 45.6. The number of furan rings is 1. The fourth-order valence-corrected chi connectivity index (χ4v) is 3.17. The van der Waals surface area contributed by atoms with Gasteiger partial charge in [-0.25, -0.2) is 0 Å². The highest BCUT2D eigenvalue weighted by Gasteiger charge is 2.31. The molecule has 162 valence electrons. The fraction of sp³-hybridized carbons (Fsp3) is 0.400. The summed E-state index contributed by atoms with van der Waals surface area (Å²) in [5, 5.41) is 0. The summed E-state index contributed by atoms with van der Waals surface area (Å²) in [7, 11) is 1.55. The predicted octanol–water partition coefficient (Wildman–Crippen LogP) is 2.59. The smallest absolute Gasteiger partial charge is 0.459 e. The van der Waals surface area contributed by atoms with Gasteiger partial charge < -0.3 is 19.0 Å². The first-order chi connectivity index (χ1) is 14.2. The molecule has 2 amide bonds. The molecule has 7 nitrogen and oxygen atoms in total. The lowest BCUT2D eigenvalue weighted by atomic mass is 10.2. The van der Waals surface area contributed by atoms with Crippen molar-refractivity contribution in [2.75, 3.05) is 39.8 Å². The van der Waals surface area contributed by atoms with E-state index in [0.29, 0.717) is 32.7 Å². The number of halogens is 3. The number of alkyl halides is 3. The molecule has 1 aliphatic heterocycles. The van der Waals surface area contributed by atoms with Crippen molar-refractivity contribution >= 4 is 11.8 Å². The number of hydrogen-bond donors (Lipinski definition) is 0. The molecule has 0 bridgehead atoms. The van der Waals surface area contributed by atoms with Crippen LogP contribution in [0, 0.1) is 0 Å². The Kier molecular flexibility index (Phi) is 6.66. The number of rotatable bonds is 6. The second-order valence-corrected chi connectivity index (χ2v) is 6.99. The molecule has 10 heteroatoms. The average molecular weight is 425 g/mol. The summed E-state index contributed by atoms with van der Waals surface area (Å²) in [5.41, 5.74) is 0.855. The molecule has 0 N–H and O–H groups in total. The van der Waals surface area contributed by atoms with Crippen LogP contribution in [0.3, 0.4) is 0 Å². The Hall–Kier alpha value is -3.01. The number of hydrogen-bond acceptors (Lipinski definition) is 5. The van der Waals surface area contributed by atoms with E-state index < -0.39 is 6.36 Å². The monoisotopic (exact) mass is 425 g/mol. The predicted molar refractivity (Wildman–Crippen MR) is 101 cm³/mol. The molecule has 1 saturated heterocycles. The molecule has 0 unspecified atom stereocenters. The fourth-order valence-electron chi connectivity index (χ4n) is 3.17. The highest BCUT2D eigenvalue weighted by Crippen LogP contribution is 2.23. The summed E-state index contributed by atoms with van der Waals surface area (Å²) in [6.45, 7) is 2.80. The van der Waals surface area contributed by atoms with Crippen molar-refractivity contribution in [3.63, 3.8) is 0 Å². The van der Waals surface area contributed by atoms with Gasteiger partial charge in [-0.15, -0.1) is 13.2 Å². The van der Waals surface area contributed by atoms with Crippen LogP contribution in [0.15, 0.2) is 47.1 Å². The zero-order valence-electron chi connectivity index (χ0n) is 16.4. The van der Waals surface area contributed by atoms with E-state index in [-0.39, 0.29) is 29.9 Å². The zero-order chi connectivity index (χ0) is 21.7. The molecule has 3 rings (SSSR count). The van der Waals surface area contributed by atoms with Gasteiger partial charge in [0, 0.05) is 39.8 Å². The summed E-state index contributed by atoms with van der Waals surface area (Å²) in [6, 6.07) is 8.91. The quantitative estimate of drug-likeness (QED) is 0.712. The number of piperazine rings is 1. The molecule has 1 fully saturated rings. The number of benzene rings is 1. The van der Waals surface area contributed by atoms with Gasteiger partial charge in [-0.05, 0) is 29.8 Å². The first kappa shape index (κ1) is 21.7. The molecule has 2 heterocycles. The third kappa shape index (κ3) is 5.99. The van der Waals surface area contributed by atoms with Crippen LogP contribution in [0.25, 0.3) is 0 Å². The van der Waals surface area contributed by atoms with Gasteiger partial charge in [-0.2, -0.15) is 0 Å². The number of likely N-dealkylation sites (N-methyl/N-ethyl adjacent to an activating group) is 1. The van der Waals surface area contributed by atoms with Gasteiger partial charge in [0.25, 0.3) is 5.91 Å². The van der Waals surface area contributed by atoms with E-state index in [0.717, 1.165) is 5.56 Å². The van der Waals surface area contributed by atoms with E-state index >= 15 is 0 Å². The van der Waals surface area contributed by atoms with Gasteiger partial charge in [0.15, 0.2) is 5.76 Å². The zero-order valence-corrected chi connectivity index (χ0v) is 16.4. The van der Waals surface area contributed by atoms with Crippen LogP contribution in [0.4, 0.5) is 13.2 Å². The first-order valence-electron chi connectivity index (χ1n) is 9.35. The van der Waals surface area contributed by atoms with Gasteiger partial charge in [0.1, 0.15) is 5.75 Å². The molecule has 1 aliphatic rings. The van der Waals surface area contributed by atoms with Gasteiger partial charge in [0.05, 0.1) is 12.8 Å². The Bertz CT molecular complexity index is 845. The molecule has 0 spiro atoms. The van der Waals surface area contributed by atoms with Gasteiger partial charge in [0.2, 0.25) is 5.91 Å². The molecular formula is C20H22F3N3O4. The molecule has 0 radical (unpaired) electrons. The number of carbonyl (C=O) groups excluding carboxylic acids is 2. The van der Waals surface area contributed by atoms with E-state index in [4.69, 9.17) is 4.42 Å². The lowest BCUT2D eigenvalue weighted by Gasteiger charge is -2.35. The van der Waals surface area contributed by atoms with Gasteiger partial charge in [-0.1, -0.05) is 12.1 Å². The second kappa shape index (κ2) is 9.21. The maximum Gasteiger partial charge on any atom is 0.573 e. The van der Waals surface area contributed by atoms with Crippen molar-refractivity contribution in [1.82, 2.24) is 14.7 Å². The van der Waals surface area contributed by atoms with Crippen LogP contribution < -0.4 is 4.74 Å². The minimum atomic E-state index is -4.71. The Morgan fingerprint density at radius 2 is 1.77 bits per heavy atom. The first-order valence-corrected chi connectivity index (χ1v) is 9.35. The van der Waals surface area contributed by atoms with Crippen LogP contribution in [0.1, 0.15) is 16.1 Å². The van der Waals surface area contributed by atoms with E-state index in [1.807, 2.05) is 0 Å². The average Bonchev–Trinajstić information content (AvgIpc) is 3.23. The van der Waals surface area contributed by atoms with E-state index in [1.165, 1.54) is 23.3 Å². The SMILES string of the molecule is CN(CC(=O)N1CCN(Cc2ccc(OC(F)(F)F)cc2)CC1)C(=O)c1ccco1. The lowest BCUT2D eigenvalue weighted by molar-refractivity contribution is -0.274. The van der Waals surface area contributed by atoms with Crippen LogP contribution >= 0.6 is 0 Å². The number of carbonyl (C=O) groups is 2. The topological polar surface area (TPSA) is 66.2 Å². The van der Waals surface area contributed by atoms with E-state index in [1.54, 1.807) is 36.2 Å². The van der Waals surface area contributed by atoms with Crippen molar-refractivity contribution in [3.8, 4) is 5.75 Å². The van der Waals surface area contributed by atoms with Gasteiger partial charge in [-0.3, -0.25) is 14.5 Å². The standard InChI is InChI=1S/C20H22F3N3O4/c1-24(19(28)17-3-2-12-29-17)14-18(27)26-10-8-25(9-11-26)13-15-4-6-16(7-5-15)30-20(21,22)23/h2-7,12H,8-11,13-14H2,1H3. The Labute approximate surface area is 171 Å². The van der Waals surface area contributed by atoms with Crippen molar-refractivity contribution in [2.45, 2.75) is 12.9 Å². The molecule has 1 aromatic carbocycles. The number of amides is 2. The molecule has 0 aliphatic carbocycles. The van der Waals surface area contributed by atoms with Crippen LogP contribution in [-0.4, -0.2) is 72.6 Å². The number of nitrogens with zero attached hydrogens (tertiary/aromatic N) is 3. The third-order valence-electron chi connectivity index (χ3n) is 4.74. The van der Waals surface area contributed by atoms with Gasteiger partial charge >= 0.3 is 6.36 Å². The second-order valence-electron chi connectivity index (χ2n) is 6.99. The molecule has 0 atom stereocenters. The molecule has 30 heavy (non-hydrogen) atoms. The molecule has 2 aromatic rings. The molecular weight excluding hydrogens is 403 g/mol. The summed E-state index contributed by atoms with van der Waals surface area (Å²) in [5.74, 6) is -0.577. The van der Waals surface area contributed by atoms with E-state index in [2.05, 4.69) is 9.64 Å². The van der Waals surface area contributed by atoms with Crippen molar-refractivity contribution in [2.24, 2.45) is 0 Å². The molecule has 1 aromatic heterocycles. The Morgan fingerprint density at radius 3 is 2.33 bits per heavy atom. The summed E-state index contributed by atoms with van der Waals surface area (Å²) >= 11 is 0. The normalized spacial score (nSPS) is 15.1.